The Bertz CT molecular complexity index is 894. The molecule has 2 aromatic rings. The van der Waals surface area contributed by atoms with Crippen molar-refractivity contribution in [2.45, 2.75) is 11.1 Å². The smallest absolute Gasteiger partial charge is 0.324 e. The maximum atomic E-state index is 12.7. The number of alkyl halides is 3. The first-order chi connectivity index (χ1) is 12.3. The molecule has 2 amide bonds. The van der Waals surface area contributed by atoms with Crippen molar-refractivity contribution >= 4 is 41.0 Å². The zero-order valence-corrected chi connectivity index (χ0v) is 14.1. The van der Waals surface area contributed by atoms with Crippen molar-refractivity contribution < 1.29 is 22.8 Å². The second kappa shape index (κ2) is 7.25. The third kappa shape index (κ3) is 4.45. The first-order valence-electron chi connectivity index (χ1n) is 7.54. The first-order valence-corrected chi connectivity index (χ1v) is 8.53. The molecule has 1 aliphatic rings. The van der Waals surface area contributed by atoms with E-state index in [4.69, 9.17) is 0 Å². The van der Waals surface area contributed by atoms with Crippen molar-refractivity contribution in [2.75, 3.05) is 16.4 Å². The molecule has 0 aromatic heterocycles. The number of amides is 2. The van der Waals surface area contributed by atoms with Crippen LogP contribution in [0.1, 0.15) is 11.1 Å². The van der Waals surface area contributed by atoms with E-state index in [0.29, 0.717) is 17.1 Å². The Morgan fingerprint density at radius 2 is 2.00 bits per heavy atom. The molecule has 0 radical (unpaired) electrons. The number of hydrogen-bond donors (Lipinski definition) is 2. The Kier molecular flexibility index (Phi) is 5.03. The van der Waals surface area contributed by atoms with Gasteiger partial charge in [-0.05, 0) is 42.0 Å². The number of halogens is 3. The summed E-state index contributed by atoms with van der Waals surface area (Å²) < 4.78 is 38.1. The van der Waals surface area contributed by atoms with Crippen LogP contribution in [-0.2, 0) is 15.8 Å². The number of benzene rings is 2. The van der Waals surface area contributed by atoms with Crippen molar-refractivity contribution in [3.63, 3.8) is 0 Å². The van der Waals surface area contributed by atoms with E-state index in [0.717, 1.165) is 23.1 Å². The van der Waals surface area contributed by atoms with Crippen LogP contribution >= 0.6 is 11.8 Å². The van der Waals surface area contributed by atoms with Gasteiger partial charge in [0.05, 0.1) is 17.0 Å². The minimum atomic E-state index is -4.43. The van der Waals surface area contributed by atoms with E-state index in [1.807, 2.05) is 0 Å². The molecule has 0 aliphatic carbocycles. The number of carbonyl (C=O) groups excluding carboxylic acids is 2. The summed E-state index contributed by atoms with van der Waals surface area (Å²) in [4.78, 5) is 24.3. The summed E-state index contributed by atoms with van der Waals surface area (Å²) in [6.07, 6.45) is -1.97. The normalized spacial score (nSPS) is 14.0. The van der Waals surface area contributed by atoms with Gasteiger partial charge in [-0.2, -0.15) is 13.2 Å². The zero-order chi connectivity index (χ0) is 18.7. The van der Waals surface area contributed by atoms with Crippen molar-refractivity contribution in [1.82, 2.24) is 0 Å². The van der Waals surface area contributed by atoms with E-state index in [1.165, 1.54) is 30.0 Å². The van der Waals surface area contributed by atoms with Gasteiger partial charge in [-0.15, -0.1) is 11.8 Å². The fourth-order valence-corrected chi connectivity index (χ4v) is 3.12. The van der Waals surface area contributed by atoms with Gasteiger partial charge in [0.25, 0.3) is 0 Å². The molecular formula is C18H13F3N2O2S. The van der Waals surface area contributed by atoms with Crippen LogP contribution in [0.25, 0.3) is 6.08 Å². The van der Waals surface area contributed by atoms with E-state index in [2.05, 4.69) is 10.6 Å². The summed E-state index contributed by atoms with van der Waals surface area (Å²) in [6, 6.07) is 9.81. The second-order valence-corrected chi connectivity index (χ2v) is 6.51. The zero-order valence-electron chi connectivity index (χ0n) is 13.3. The highest BCUT2D eigenvalue weighted by Gasteiger charge is 2.30. The van der Waals surface area contributed by atoms with Crippen LogP contribution < -0.4 is 10.6 Å². The van der Waals surface area contributed by atoms with Crippen LogP contribution in [0.4, 0.5) is 24.5 Å². The number of fused-ring (bicyclic) bond motifs is 1. The van der Waals surface area contributed by atoms with Crippen LogP contribution in [0.2, 0.25) is 0 Å². The lowest BCUT2D eigenvalue weighted by Gasteiger charge is -2.17. The fraction of sp³-hybridized carbons (Fsp3) is 0.111. The Balaban J connectivity index is 1.69. The molecule has 2 N–H and O–H groups in total. The summed E-state index contributed by atoms with van der Waals surface area (Å²) in [5, 5.41) is 5.33. The average Bonchev–Trinajstić information content (AvgIpc) is 2.59. The van der Waals surface area contributed by atoms with E-state index in [1.54, 1.807) is 18.2 Å². The minimum absolute atomic E-state index is 0.115. The Hall–Kier alpha value is -2.74. The standard InChI is InChI=1S/C18H13F3N2O2S/c19-18(20,21)12-3-1-2-11(8-12)4-7-16(24)22-13-5-6-15-14(9-13)23-17(25)10-26-15/h1-9H,10H2,(H,22,24)(H,23,25)/b7-4-. The third-order valence-electron chi connectivity index (χ3n) is 3.52. The van der Waals surface area contributed by atoms with E-state index in [9.17, 15) is 22.8 Å². The molecule has 0 bridgehead atoms. The van der Waals surface area contributed by atoms with Gasteiger partial charge in [-0.3, -0.25) is 9.59 Å². The molecule has 0 atom stereocenters. The van der Waals surface area contributed by atoms with Gasteiger partial charge in [-0.1, -0.05) is 12.1 Å². The van der Waals surface area contributed by atoms with Crippen LogP contribution in [0.3, 0.4) is 0 Å². The predicted octanol–water partition coefficient (Wildman–Crippen LogP) is 4.40. The Morgan fingerprint density at radius 1 is 1.19 bits per heavy atom. The lowest BCUT2D eigenvalue weighted by Crippen LogP contribution is -2.19. The minimum Gasteiger partial charge on any atom is -0.324 e. The summed E-state index contributed by atoms with van der Waals surface area (Å²) in [5.41, 5.74) is 0.586. The molecule has 0 saturated carbocycles. The van der Waals surface area contributed by atoms with E-state index >= 15 is 0 Å². The lowest BCUT2D eigenvalue weighted by molar-refractivity contribution is -0.137. The highest BCUT2D eigenvalue weighted by molar-refractivity contribution is 8.00. The fourth-order valence-electron chi connectivity index (χ4n) is 2.34. The summed E-state index contributed by atoms with van der Waals surface area (Å²) in [7, 11) is 0. The molecule has 0 spiro atoms. The molecular weight excluding hydrogens is 365 g/mol. The molecule has 26 heavy (non-hydrogen) atoms. The van der Waals surface area contributed by atoms with Crippen LogP contribution in [-0.4, -0.2) is 17.6 Å². The lowest BCUT2D eigenvalue weighted by atomic mass is 10.1. The Labute approximate surface area is 151 Å². The molecule has 134 valence electrons. The monoisotopic (exact) mass is 378 g/mol. The number of hydrogen-bond acceptors (Lipinski definition) is 3. The SMILES string of the molecule is O=C(/C=C\c1cccc(C(F)(F)F)c1)Nc1ccc2c(c1)NC(=O)CS2. The van der Waals surface area contributed by atoms with E-state index in [-0.39, 0.29) is 11.5 Å². The first kappa shape index (κ1) is 18.1. The summed E-state index contributed by atoms with van der Waals surface area (Å²) in [5.74, 6) is -0.258. The van der Waals surface area contributed by atoms with Crippen molar-refractivity contribution in [2.24, 2.45) is 0 Å². The Morgan fingerprint density at radius 3 is 2.77 bits per heavy atom. The molecule has 0 fully saturated rings. The molecule has 0 saturated heterocycles. The quantitative estimate of drug-likeness (QED) is 0.779. The van der Waals surface area contributed by atoms with Gasteiger partial charge in [0.1, 0.15) is 0 Å². The second-order valence-electron chi connectivity index (χ2n) is 5.49. The molecule has 4 nitrogen and oxygen atoms in total. The number of thioether (sulfide) groups is 1. The predicted molar refractivity (Wildman–Crippen MR) is 94.9 cm³/mol. The maximum Gasteiger partial charge on any atom is 0.416 e. The molecule has 2 aromatic carbocycles. The van der Waals surface area contributed by atoms with Crippen LogP contribution in [0.15, 0.2) is 53.4 Å². The van der Waals surface area contributed by atoms with Crippen LogP contribution in [0, 0.1) is 0 Å². The average molecular weight is 378 g/mol. The van der Waals surface area contributed by atoms with Crippen molar-refractivity contribution in [3.8, 4) is 0 Å². The number of carbonyl (C=O) groups is 2. The molecule has 8 heteroatoms. The molecule has 1 heterocycles. The number of nitrogens with one attached hydrogen (secondary N) is 2. The van der Waals surface area contributed by atoms with E-state index < -0.39 is 17.6 Å². The maximum absolute atomic E-state index is 12.7. The number of rotatable bonds is 3. The van der Waals surface area contributed by atoms with Gasteiger partial charge in [-0.25, -0.2) is 0 Å². The van der Waals surface area contributed by atoms with Crippen LogP contribution in [0.5, 0.6) is 0 Å². The highest BCUT2D eigenvalue weighted by atomic mass is 32.2. The third-order valence-corrected chi connectivity index (χ3v) is 4.59. The van der Waals surface area contributed by atoms with Gasteiger partial charge in [0, 0.05) is 16.7 Å². The van der Waals surface area contributed by atoms with Gasteiger partial charge in [0.15, 0.2) is 0 Å². The number of anilines is 2. The molecule has 1 aliphatic heterocycles. The van der Waals surface area contributed by atoms with Gasteiger partial charge < -0.3 is 10.6 Å². The summed E-state index contributed by atoms with van der Waals surface area (Å²) >= 11 is 1.40. The van der Waals surface area contributed by atoms with Gasteiger partial charge in [0.2, 0.25) is 11.8 Å². The van der Waals surface area contributed by atoms with Crippen molar-refractivity contribution in [3.05, 3.63) is 59.7 Å². The topological polar surface area (TPSA) is 58.2 Å². The molecule has 0 unspecified atom stereocenters. The largest absolute Gasteiger partial charge is 0.416 e. The van der Waals surface area contributed by atoms with Crippen molar-refractivity contribution in [1.29, 1.82) is 0 Å². The van der Waals surface area contributed by atoms with Gasteiger partial charge >= 0.3 is 6.18 Å². The summed E-state index contributed by atoms with van der Waals surface area (Å²) in [6.45, 7) is 0. The highest BCUT2D eigenvalue weighted by Crippen LogP contribution is 2.33. The molecule has 3 rings (SSSR count).